The van der Waals surface area contributed by atoms with Crippen LogP contribution in [0.1, 0.15) is 40.5 Å². The van der Waals surface area contributed by atoms with Crippen LogP contribution in [0.25, 0.3) is 0 Å². The minimum Gasteiger partial charge on any atom is -0.313 e. The lowest BCUT2D eigenvalue weighted by Crippen LogP contribution is -2.43. The predicted molar refractivity (Wildman–Crippen MR) is 75.1 cm³/mol. The van der Waals surface area contributed by atoms with E-state index in [0.717, 1.165) is 28.3 Å². The zero-order valence-electron chi connectivity index (χ0n) is 10.5. The molecule has 0 aromatic heterocycles. The Labute approximate surface area is 104 Å². The van der Waals surface area contributed by atoms with Crippen LogP contribution in [0, 0.1) is 0 Å². The lowest BCUT2D eigenvalue weighted by Gasteiger charge is -2.36. The van der Waals surface area contributed by atoms with Gasteiger partial charge >= 0.3 is 0 Å². The van der Waals surface area contributed by atoms with Gasteiger partial charge in [0.2, 0.25) is 0 Å². The minimum atomic E-state index is 0.729. The minimum absolute atomic E-state index is 0.729. The highest BCUT2D eigenvalue weighted by atomic mass is 32.2. The molecule has 4 atom stereocenters. The fraction of sp³-hybridized carbons (Fsp3) is 1.00. The number of nitrogens with one attached hydrogen (secondary N) is 1. The van der Waals surface area contributed by atoms with E-state index in [2.05, 4.69) is 56.5 Å². The summed E-state index contributed by atoms with van der Waals surface area (Å²) in [7, 11) is 0. The quantitative estimate of drug-likeness (QED) is 0.800. The van der Waals surface area contributed by atoms with Crippen molar-refractivity contribution in [3.8, 4) is 0 Å². The molecular formula is C12H25NS2. The van der Waals surface area contributed by atoms with Crippen molar-refractivity contribution in [3.63, 3.8) is 0 Å². The number of hydrogen-bond acceptors (Lipinski definition) is 3. The molecule has 1 N–H and O–H groups in total. The first kappa shape index (κ1) is 13.7. The summed E-state index contributed by atoms with van der Waals surface area (Å²) in [5.41, 5.74) is 0. The SMILES string of the molecule is CCCC(NCC)C1CSC(C)C(C)S1. The summed E-state index contributed by atoms with van der Waals surface area (Å²) in [4.78, 5) is 0. The highest BCUT2D eigenvalue weighted by Gasteiger charge is 2.30. The van der Waals surface area contributed by atoms with Crippen LogP contribution in [-0.2, 0) is 0 Å². The van der Waals surface area contributed by atoms with Crippen molar-refractivity contribution < 1.29 is 0 Å². The van der Waals surface area contributed by atoms with E-state index in [4.69, 9.17) is 0 Å². The van der Waals surface area contributed by atoms with E-state index in [1.807, 2.05) is 0 Å². The molecular weight excluding hydrogens is 222 g/mol. The lowest BCUT2D eigenvalue weighted by atomic mass is 10.1. The number of hydrogen-bond donors (Lipinski definition) is 1. The molecule has 0 saturated carbocycles. The average Bonchev–Trinajstić information content (AvgIpc) is 2.22. The summed E-state index contributed by atoms with van der Waals surface area (Å²) in [6.07, 6.45) is 2.62. The Balaban J connectivity index is 2.45. The first-order valence-corrected chi connectivity index (χ1v) is 8.18. The summed E-state index contributed by atoms with van der Waals surface area (Å²) in [5.74, 6) is 1.33. The zero-order valence-corrected chi connectivity index (χ0v) is 12.1. The first-order valence-electron chi connectivity index (χ1n) is 6.19. The second-order valence-corrected chi connectivity index (χ2v) is 7.40. The Hall–Kier alpha value is 0.660. The van der Waals surface area contributed by atoms with Crippen LogP contribution < -0.4 is 5.32 Å². The van der Waals surface area contributed by atoms with Crippen LogP contribution in [0.15, 0.2) is 0 Å². The van der Waals surface area contributed by atoms with Gasteiger partial charge in [0.05, 0.1) is 0 Å². The summed E-state index contributed by atoms with van der Waals surface area (Å²) >= 11 is 4.35. The molecule has 1 rings (SSSR count). The summed E-state index contributed by atoms with van der Waals surface area (Å²) in [6, 6.07) is 0.729. The molecule has 0 aliphatic carbocycles. The molecule has 1 saturated heterocycles. The molecule has 1 nitrogen and oxygen atoms in total. The van der Waals surface area contributed by atoms with Gasteiger partial charge < -0.3 is 5.32 Å². The zero-order chi connectivity index (χ0) is 11.3. The van der Waals surface area contributed by atoms with E-state index < -0.39 is 0 Å². The van der Waals surface area contributed by atoms with Gasteiger partial charge in [-0.25, -0.2) is 0 Å². The molecule has 1 fully saturated rings. The van der Waals surface area contributed by atoms with E-state index in [-0.39, 0.29) is 0 Å². The molecule has 1 heterocycles. The van der Waals surface area contributed by atoms with Crippen LogP contribution in [-0.4, -0.2) is 34.1 Å². The summed E-state index contributed by atoms with van der Waals surface area (Å²) in [5, 5.41) is 6.12. The standard InChI is InChI=1S/C12H25NS2/c1-5-7-11(13-6-2)12-8-14-9(3)10(4)15-12/h9-13H,5-8H2,1-4H3. The summed E-state index contributed by atoms with van der Waals surface area (Å²) in [6.45, 7) is 10.4. The van der Waals surface area contributed by atoms with Gasteiger partial charge in [0.1, 0.15) is 0 Å². The van der Waals surface area contributed by atoms with Crippen LogP contribution in [0.2, 0.25) is 0 Å². The molecule has 0 aromatic carbocycles. The van der Waals surface area contributed by atoms with Gasteiger partial charge in [0.15, 0.2) is 0 Å². The van der Waals surface area contributed by atoms with Gasteiger partial charge in [0, 0.05) is 27.5 Å². The number of rotatable bonds is 5. The van der Waals surface area contributed by atoms with Crippen molar-refractivity contribution in [3.05, 3.63) is 0 Å². The third kappa shape index (κ3) is 4.20. The molecule has 0 amide bonds. The van der Waals surface area contributed by atoms with E-state index in [1.54, 1.807) is 0 Å². The van der Waals surface area contributed by atoms with Gasteiger partial charge in [-0.3, -0.25) is 0 Å². The van der Waals surface area contributed by atoms with Crippen molar-refractivity contribution >= 4 is 23.5 Å². The van der Waals surface area contributed by atoms with E-state index in [9.17, 15) is 0 Å². The molecule has 4 unspecified atom stereocenters. The van der Waals surface area contributed by atoms with Crippen molar-refractivity contribution in [2.45, 2.75) is 62.3 Å². The molecule has 90 valence electrons. The van der Waals surface area contributed by atoms with Crippen molar-refractivity contribution in [2.24, 2.45) is 0 Å². The fourth-order valence-electron chi connectivity index (χ4n) is 2.01. The maximum absolute atomic E-state index is 3.65. The first-order chi connectivity index (χ1) is 7.19. The topological polar surface area (TPSA) is 12.0 Å². The van der Waals surface area contributed by atoms with Crippen LogP contribution in [0.4, 0.5) is 0 Å². The smallest absolute Gasteiger partial charge is 0.0294 e. The molecule has 15 heavy (non-hydrogen) atoms. The normalized spacial score (nSPS) is 34.0. The van der Waals surface area contributed by atoms with Crippen molar-refractivity contribution in [2.75, 3.05) is 12.3 Å². The van der Waals surface area contributed by atoms with Gasteiger partial charge in [-0.05, 0) is 13.0 Å². The Morgan fingerprint density at radius 3 is 2.53 bits per heavy atom. The monoisotopic (exact) mass is 247 g/mol. The Bertz CT molecular complexity index is 169. The van der Waals surface area contributed by atoms with Crippen LogP contribution in [0.3, 0.4) is 0 Å². The Kier molecular flexibility index (Phi) is 6.48. The van der Waals surface area contributed by atoms with E-state index in [1.165, 1.54) is 18.6 Å². The van der Waals surface area contributed by atoms with Gasteiger partial charge in [0.25, 0.3) is 0 Å². The van der Waals surface area contributed by atoms with Crippen LogP contribution >= 0.6 is 23.5 Å². The molecule has 0 radical (unpaired) electrons. The van der Waals surface area contributed by atoms with Crippen LogP contribution in [0.5, 0.6) is 0 Å². The maximum Gasteiger partial charge on any atom is 0.0294 e. The fourth-order valence-corrected chi connectivity index (χ4v) is 5.18. The second kappa shape index (κ2) is 7.08. The summed E-state index contributed by atoms with van der Waals surface area (Å²) < 4.78 is 0. The predicted octanol–water partition coefficient (Wildman–Crippen LogP) is 3.39. The third-order valence-electron chi connectivity index (χ3n) is 3.09. The molecule has 3 heteroatoms. The van der Waals surface area contributed by atoms with Gasteiger partial charge in [-0.2, -0.15) is 23.5 Å². The third-order valence-corrected chi connectivity index (χ3v) is 6.64. The van der Waals surface area contributed by atoms with Crippen molar-refractivity contribution in [1.82, 2.24) is 5.32 Å². The molecule has 0 bridgehead atoms. The Morgan fingerprint density at radius 1 is 1.27 bits per heavy atom. The van der Waals surface area contributed by atoms with Gasteiger partial charge in [-0.15, -0.1) is 0 Å². The largest absolute Gasteiger partial charge is 0.313 e. The molecule has 0 aromatic rings. The highest BCUT2D eigenvalue weighted by Crippen LogP contribution is 2.37. The molecule has 1 aliphatic rings. The highest BCUT2D eigenvalue weighted by molar-refractivity contribution is 8.07. The Morgan fingerprint density at radius 2 is 2.00 bits per heavy atom. The van der Waals surface area contributed by atoms with E-state index in [0.29, 0.717) is 0 Å². The van der Waals surface area contributed by atoms with Gasteiger partial charge in [-0.1, -0.05) is 34.1 Å². The lowest BCUT2D eigenvalue weighted by molar-refractivity contribution is 0.485. The molecule has 0 spiro atoms. The van der Waals surface area contributed by atoms with Crippen molar-refractivity contribution in [1.29, 1.82) is 0 Å². The molecule has 1 aliphatic heterocycles. The maximum atomic E-state index is 3.65. The number of thioether (sulfide) groups is 2. The second-order valence-electron chi connectivity index (χ2n) is 4.37. The van der Waals surface area contributed by atoms with E-state index >= 15 is 0 Å². The average molecular weight is 247 g/mol.